The van der Waals surface area contributed by atoms with Gasteiger partial charge < -0.3 is 5.73 Å². The van der Waals surface area contributed by atoms with Gasteiger partial charge in [-0.2, -0.15) is 0 Å². The number of nitrogen functional groups attached to an aromatic ring is 1. The largest absolute Gasteiger partial charge is 0.398 e. The van der Waals surface area contributed by atoms with E-state index < -0.39 is 16.6 Å². The molecule has 0 bridgehead atoms. The van der Waals surface area contributed by atoms with Gasteiger partial charge in [0.15, 0.2) is 0 Å². The molecule has 2 unspecified atom stereocenters. The van der Waals surface area contributed by atoms with Crippen molar-refractivity contribution < 1.29 is 8.60 Å². The van der Waals surface area contributed by atoms with E-state index in [1.165, 1.54) is 6.07 Å². The molecule has 2 nitrogen and oxygen atoms in total. The molecule has 0 saturated heterocycles. The number of anilines is 1. The van der Waals surface area contributed by atoms with Gasteiger partial charge in [0.05, 0.1) is 15.7 Å². The maximum atomic E-state index is 13.5. The summed E-state index contributed by atoms with van der Waals surface area (Å²) >= 11 is 0. The molecule has 0 aliphatic carbocycles. The molecule has 1 rings (SSSR count). The van der Waals surface area contributed by atoms with Gasteiger partial charge in [-0.05, 0) is 31.0 Å². The standard InChI is InChI=1S/C11H16FNOS/c1-4-8(3)15(14)11-5-7(2)10(13)6-9(11)12/h5-6,8H,4,13H2,1-3H3. The van der Waals surface area contributed by atoms with Gasteiger partial charge in [-0.3, -0.25) is 4.21 Å². The van der Waals surface area contributed by atoms with E-state index in [1.54, 1.807) is 13.0 Å². The van der Waals surface area contributed by atoms with Gasteiger partial charge in [-0.1, -0.05) is 13.8 Å². The summed E-state index contributed by atoms with van der Waals surface area (Å²) in [5.74, 6) is -0.475. The van der Waals surface area contributed by atoms with E-state index in [2.05, 4.69) is 0 Å². The SMILES string of the molecule is CCC(C)S(=O)c1cc(C)c(N)cc1F. The van der Waals surface area contributed by atoms with Crippen LogP contribution in [0.1, 0.15) is 25.8 Å². The fourth-order valence-corrected chi connectivity index (χ4v) is 2.47. The molecule has 0 fully saturated rings. The predicted octanol–water partition coefficient (Wildman–Crippen LogP) is 2.62. The molecule has 2 atom stereocenters. The van der Waals surface area contributed by atoms with Crippen LogP contribution in [0.4, 0.5) is 10.1 Å². The minimum Gasteiger partial charge on any atom is -0.398 e. The molecule has 1 aromatic carbocycles. The third kappa shape index (κ3) is 2.56. The summed E-state index contributed by atoms with van der Waals surface area (Å²) in [6.45, 7) is 5.57. The molecule has 0 aliphatic rings. The second kappa shape index (κ2) is 4.75. The van der Waals surface area contributed by atoms with Crippen LogP contribution < -0.4 is 5.73 Å². The van der Waals surface area contributed by atoms with Gasteiger partial charge in [-0.15, -0.1) is 0 Å². The van der Waals surface area contributed by atoms with Crippen molar-refractivity contribution in [2.75, 3.05) is 5.73 Å². The first-order valence-corrected chi connectivity index (χ1v) is 6.14. The first-order valence-electron chi connectivity index (χ1n) is 4.93. The second-order valence-corrected chi connectivity index (χ2v) is 5.49. The molecule has 84 valence electrons. The summed E-state index contributed by atoms with van der Waals surface area (Å²) in [5.41, 5.74) is 6.73. The molecule has 15 heavy (non-hydrogen) atoms. The Balaban J connectivity index is 3.15. The topological polar surface area (TPSA) is 43.1 Å². The van der Waals surface area contributed by atoms with Crippen LogP contribution in [0, 0.1) is 12.7 Å². The third-order valence-corrected chi connectivity index (χ3v) is 4.29. The first-order chi connectivity index (χ1) is 6.97. The van der Waals surface area contributed by atoms with Crippen molar-refractivity contribution in [1.82, 2.24) is 0 Å². The zero-order chi connectivity index (χ0) is 11.6. The highest BCUT2D eigenvalue weighted by Gasteiger charge is 2.16. The van der Waals surface area contributed by atoms with Crippen molar-refractivity contribution in [2.45, 2.75) is 37.3 Å². The third-order valence-electron chi connectivity index (χ3n) is 2.48. The zero-order valence-electron chi connectivity index (χ0n) is 9.21. The summed E-state index contributed by atoms with van der Waals surface area (Å²) in [6, 6.07) is 2.82. The Hall–Kier alpha value is -0.900. The summed E-state index contributed by atoms with van der Waals surface area (Å²) in [5, 5.41) is -0.0393. The van der Waals surface area contributed by atoms with Crippen molar-refractivity contribution in [3.63, 3.8) is 0 Å². The van der Waals surface area contributed by atoms with E-state index in [9.17, 15) is 8.60 Å². The molecule has 0 heterocycles. The van der Waals surface area contributed by atoms with Crippen LogP contribution in [0.2, 0.25) is 0 Å². The van der Waals surface area contributed by atoms with Gasteiger partial charge >= 0.3 is 0 Å². The van der Waals surface area contributed by atoms with Crippen LogP contribution in [0.15, 0.2) is 17.0 Å². The Morgan fingerprint density at radius 1 is 1.53 bits per heavy atom. The van der Waals surface area contributed by atoms with Crippen molar-refractivity contribution >= 4 is 16.5 Å². The van der Waals surface area contributed by atoms with Crippen molar-refractivity contribution in [2.24, 2.45) is 0 Å². The van der Waals surface area contributed by atoms with E-state index in [-0.39, 0.29) is 10.1 Å². The highest BCUT2D eigenvalue weighted by molar-refractivity contribution is 7.85. The van der Waals surface area contributed by atoms with Gasteiger partial charge in [0.2, 0.25) is 0 Å². The molecule has 2 N–H and O–H groups in total. The number of nitrogens with two attached hydrogens (primary N) is 1. The van der Waals surface area contributed by atoms with E-state index in [0.717, 1.165) is 12.0 Å². The van der Waals surface area contributed by atoms with E-state index in [4.69, 9.17) is 5.73 Å². The lowest BCUT2D eigenvalue weighted by molar-refractivity contribution is 0.593. The monoisotopic (exact) mass is 229 g/mol. The number of halogens is 1. The summed E-state index contributed by atoms with van der Waals surface area (Å²) < 4.78 is 25.4. The van der Waals surface area contributed by atoms with Crippen LogP contribution >= 0.6 is 0 Å². The van der Waals surface area contributed by atoms with Crippen molar-refractivity contribution in [1.29, 1.82) is 0 Å². The normalized spacial score (nSPS) is 14.9. The molecular formula is C11H16FNOS. The van der Waals surface area contributed by atoms with Gasteiger partial charge in [0, 0.05) is 10.9 Å². The van der Waals surface area contributed by atoms with E-state index >= 15 is 0 Å². The maximum Gasteiger partial charge on any atom is 0.141 e. The molecule has 0 amide bonds. The predicted molar refractivity (Wildman–Crippen MR) is 61.7 cm³/mol. The zero-order valence-corrected chi connectivity index (χ0v) is 10.0. The fourth-order valence-electron chi connectivity index (χ4n) is 1.19. The average molecular weight is 229 g/mol. The number of hydrogen-bond acceptors (Lipinski definition) is 2. The first kappa shape index (κ1) is 12.2. The molecule has 0 aromatic heterocycles. The maximum absolute atomic E-state index is 13.5. The van der Waals surface area contributed by atoms with Crippen LogP contribution in [-0.2, 0) is 10.8 Å². The lowest BCUT2D eigenvalue weighted by Crippen LogP contribution is -2.11. The highest BCUT2D eigenvalue weighted by atomic mass is 32.2. The van der Waals surface area contributed by atoms with Crippen LogP contribution in [-0.4, -0.2) is 9.46 Å². The molecular weight excluding hydrogens is 213 g/mol. The molecule has 1 aromatic rings. The van der Waals surface area contributed by atoms with Gasteiger partial charge in [0.1, 0.15) is 5.82 Å². The Morgan fingerprint density at radius 2 is 2.13 bits per heavy atom. The lowest BCUT2D eigenvalue weighted by atomic mass is 10.2. The number of hydrogen-bond donors (Lipinski definition) is 1. The Morgan fingerprint density at radius 3 is 2.67 bits per heavy atom. The summed E-state index contributed by atoms with van der Waals surface area (Å²) in [4.78, 5) is 0.260. The van der Waals surface area contributed by atoms with Gasteiger partial charge in [0.25, 0.3) is 0 Å². The Bertz CT molecular complexity index is 392. The van der Waals surface area contributed by atoms with Crippen LogP contribution in [0.3, 0.4) is 0 Å². The van der Waals surface area contributed by atoms with Crippen LogP contribution in [0.5, 0.6) is 0 Å². The number of benzene rings is 1. The van der Waals surface area contributed by atoms with Crippen molar-refractivity contribution in [3.05, 3.63) is 23.5 Å². The van der Waals surface area contributed by atoms with Gasteiger partial charge in [-0.25, -0.2) is 4.39 Å². The smallest absolute Gasteiger partial charge is 0.141 e. The number of aryl methyl sites for hydroxylation is 1. The lowest BCUT2D eigenvalue weighted by Gasteiger charge is -2.11. The second-order valence-electron chi connectivity index (χ2n) is 3.66. The van der Waals surface area contributed by atoms with Crippen molar-refractivity contribution in [3.8, 4) is 0 Å². The number of rotatable bonds is 3. The minimum atomic E-state index is -1.29. The molecule has 4 heteroatoms. The average Bonchev–Trinajstić information content (AvgIpc) is 2.21. The van der Waals surface area contributed by atoms with Crippen LogP contribution in [0.25, 0.3) is 0 Å². The minimum absolute atomic E-state index is 0.0393. The summed E-state index contributed by atoms with van der Waals surface area (Å²) in [6.07, 6.45) is 0.759. The fraction of sp³-hybridized carbons (Fsp3) is 0.455. The molecule has 0 spiro atoms. The molecule has 0 radical (unpaired) electrons. The van der Waals surface area contributed by atoms with E-state index in [1.807, 2.05) is 13.8 Å². The Kier molecular flexibility index (Phi) is 3.85. The molecule has 0 saturated carbocycles. The highest BCUT2D eigenvalue weighted by Crippen LogP contribution is 2.22. The quantitative estimate of drug-likeness (QED) is 0.810. The van der Waals surface area contributed by atoms with E-state index in [0.29, 0.717) is 5.69 Å². The Labute approximate surface area is 92.1 Å². The molecule has 0 aliphatic heterocycles. The summed E-state index contributed by atoms with van der Waals surface area (Å²) in [7, 11) is -1.29.